The third kappa shape index (κ3) is 1.97. The molecule has 62 valence electrons. The van der Waals surface area contributed by atoms with Gasteiger partial charge in [0.1, 0.15) is 0 Å². The van der Waals surface area contributed by atoms with Gasteiger partial charge in [-0.1, -0.05) is 12.1 Å². The molecule has 2 nitrogen and oxygen atoms in total. The lowest BCUT2D eigenvalue weighted by Gasteiger charge is -1.97. The maximum Gasteiger partial charge on any atom is 0.263 e. The van der Waals surface area contributed by atoms with Crippen LogP contribution < -0.4 is 0 Å². The van der Waals surface area contributed by atoms with E-state index in [2.05, 4.69) is 4.99 Å². The largest absolute Gasteiger partial charge is 0.263 e. The average Bonchev–Trinajstić information content (AvgIpc) is 2.05. The summed E-state index contributed by atoms with van der Waals surface area (Å²) in [6, 6.07) is 5.29. The Balaban J connectivity index is 3.03. The smallest absolute Gasteiger partial charge is 0.211 e. The highest BCUT2D eigenvalue weighted by molar-refractivity contribution is 5.49. The first-order valence-corrected chi connectivity index (χ1v) is 3.20. The number of aliphatic imine (C=N–C) groups is 1. The van der Waals surface area contributed by atoms with Crippen LogP contribution in [0.5, 0.6) is 0 Å². The zero-order valence-corrected chi connectivity index (χ0v) is 6.00. The van der Waals surface area contributed by atoms with Crippen molar-refractivity contribution in [3.63, 3.8) is 0 Å². The minimum atomic E-state index is -2.54. The highest BCUT2D eigenvalue weighted by Gasteiger charge is 2.05. The van der Waals surface area contributed by atoms with E-state index in [1.165, 1.54) is 24.3 Å². The molecule has 0 amide bonds. The Morgan fingerprint density at radius 3 is 2.75 bits per heavy atom. The molecule has 0 radical (unpaired) electrons. The van der Waals surface area contributed by atoms with Crippen molar-refractivity contribution in [3.05, 3.63) is 29.8 Å². The van der Waals surface area contributed by atoms with E-state index in [9.17, 15) is 13.6 Å². The molecular formula is C8H5F2NO. The van der Waals surface area contributed by atoms with Crippen LogP contribution in [0.1, 0.15) is 12.0 Å². The first-order valence-electron chi connectivity index (χ1n) is 3.20. The molecule has 0 unspecified atom stereocenters. The second-order valence-electron chi connectivity index (χ2n) is 2.10. The second-order valence-corrected chi connectivity index (χ2v) is 2.10. The van der Waals surface area contributed by atoms with Gasteiger partial charge in [-0.25, -0.2) is 13.6 Å². The van der Waals surface area contributed by atoms with Gasteiger partial charge in [0.05, 0.1) is 5.69 Å². The van der Waals surface area contributed by atoms with E-state index in [-0.39, 0.29) is 11.3 Å². The average molecular weight is 169 g/mol. The fourth-order valence-electron chi connectivity index (χ4n) is 0.783. The van der Waals surface area contributed by atoms with E-state index in [1.807, 2.05) is 0 Å². The van der Waals surface area contributed by atoms with E-state index in [0.29, 0.717) is 0 Å². The van der Waals surface area contributed by atoms with Crippen LogP contribution in [-0.2, 0) is 4.79 Å². The molecule has 1 aromatic carbocycles. The molecule has 0 aliphatic carbocycles. The van der Waals surface area contributed by atoms with Gasteiger partial charge in [-0.15, -0.1) is 0 Å². The summed E-state index contributed by atoms with van der Waals surface area (Å²) in [5, 5.41) is 0. The third-order valence-electron chi connectivity index (χ3n) is 1.30. The summed E-state index contributed by atoms with van der Waals surface area (Å²) >= 11 is 0. The molecule has 0 saturated heterocycles. The van der Waals surface area contributed by atoms with Gasteiger partial charge in [0.2, 0.25) is 6.08 Å². The fraction of sp³-hybridized carbons (Fsp3) is 0.125. The third-order valence-corrected chi connectivity index (χ3v) is 1.30. The Labute approximate surface area is 67.5 Å². The maximum absolute atomic E-state index is 12.0. The molecule has 4 heteroatoms. The number of isocyanates is 1. The molecule has 0 aliphatic heterocycles. The van der Waals surface area contributed by atoms with Crippen LogP contribution in [-0.4, -0.2) is 6.08 Å². The molecule has 1 rings (SSSR count). The van der Waals surface area contributed by atoms with Crippen molar-refractivity contribution in [2.45, 2.75) is 6.43 Å². The molecule has 0 bridgehead atoms. The zero-order chi connectivity index (χ0) is 8.97. The Kier molecular flexibility index (Phi) is 2.66. The quantitative estimate of drug-likeness (QED) is 0.494. The number of halogens is 2. The molecular weight excluding hydrogens is 164 g/mol. The first kappa shape index (κ1) is 8.56. The van der Waals surface area contributed by atoms with E-state index in [4.69, 9.17) is 0 Å². The van der Waals surface area contributed by atoms with Crippen molar-refractivity contribution in [2.24, 2.45) is 4.99 Å². The lowest BCUT2D eigenvalue weighted by molar-refractivity contribution is 0.151. The van der Waals surface area contributed by atoms with Crippen molar-refractivity contribution < 1.29 is 13.6 Å². The van der Waals surface area contributed by atoms with Crippen LogP contribution in [0.2, 0.25) is 0 Å². The van der Waals surface area contributed by atoms with Crippen LogP contribution in [0.25, 0.3) is 0 Å². The van der Waals surface area contributed by atoms with Crippen LogP contribution >= 0.6 is 0 Å². The van der Waals surface area contributed by atoms with Crippen LogP contribution in [0.15, 0.2) is 29.3 Å². The van der Waals surface area contributed by atoms with Crippen LogP contribution in [0, 0.1) is 0 Å². The van der Waals surface area contributed by atoms with Crippen molar-refractivity contribution in [3.8, 4) is 0 Å². The molecule has 1 aromatic rings. The summed E-state index contributed by atoms with van der Waals surface area (Å²) in [6.45, 7) is 0. The lowest BCUT2D eigenvalue weighted by atomic mass is 10.2. The molecule has 0 saturated carbocycles. The summed E-state index contributed by atoms with van der Waals surface area (Å²) < 4.78 is 24.1. The molecule has 0 atom stereocenters. The van der Waals surface area contributed by atoms with Crippen LogP contribution in [0.3, 0.4) is 0 Å². The standard InChI is InChI=1S/C8H5F2NO/c9-8(10)6-2-1-3-7(4-6)11-5-12/h1-4,8H. The SMILES string of the molecule is O=C=Nc1cccc(C(F)F)c1. The van der Waals surface area contributed by atoms with Crippen molar-refractivity contribution >= 4 is 11.8 Å². The van der Waals surface area contributed by atoms with Crippen molar-refractivity contribution in [1.82, 2.24) is 0 Å². The number of rotatable bonds is 2. The highest BCUT2D eigenvalue weighted by atomic mass is 19.3. The normalized spacial score (nSPS) is 9.58. The lowest BCUT2D eigenvalue weighted by Crippen LogP contribution is -1.81. The minimum absolute atomic E-state index is 0.147. The Morgan fingerprint density at radius 1 is 1.42 bits per heavy atom. The second kappa shape index (κ2) is 3.74. The number of carbonyl (C=O) groups excluding carboxylic acids is 1. The highest BCUT2D eigenvalue weighted by Crippen LogP contribution is 2.22. The van der Waals surface area contributed by atoms with Gasteiger partial charge in [-0.05, 0) is 12.1 Å². The van der Waals surface area contributed by atoms with Gasteiger partial charge in [0.25, 0.3) is 6.43 Å². The number of hydrogen-bond donors (Lipinski definition) is 0. The summed E-state index contributed by atoms with van der Waals surface area (Å²) in [6.07, 6.45) is -1.26. The van der Waals surface area contributed by atoms with Gasteiger partial charge in [-0.2, -0.15) is 4.99 Å². The molecule has 0 heterocycles. The van der Waals surface area contributed by atoms with Crippen molar-refractivity contribution in [2.75, 3.05) is 0 Å². The summed E-state index contributed by atoms with van der Waals surface area (Å²) in [5.41, 5.74) is 0.0503. The summed E-state index contributed by atoms with van der Waals surface area (Å²) in [4.78, 5) is 13.0. The molecule has 0 fully saturated rings. The fourth-order valence-corrected chi connectivity index (χ4v) is 0.783. The first-order chi connectivity index (χ1) is 5.74. The minimum Gasteiger partial charge on any atom is -0.211 e. The Bertz CT molecular complexity index is 319. The number of benzene rings is 1. The topological polar surface area (TPSA) is 29.4 Å². The molecule has 0 N–H and O–H groups in total. The number of nitrogens with zero attached hydrogens (tertiary/aromatic N) is 1. The van der Waals surface area contributed by atoms with Gasteiger partial charge < -0.3 is 0 Å². The number of hydrogen-bond acceptors (Lipinski definition) is 2. The molecule has 0 aliphatic rings. The van der Waals surface area contributed by atoms with Gasteiger partial charge in [-0.3, -0.25) is 0 Å². The Morgan fingerprint density at radius 2 is 2.17 bits per heavy atom. The predicted octanol–water partition coefficient (Wildman–Crippen LogP) is 2.59. The van der Waals surface area contributed by atoms with Gasteiger partial charge >= 0.3 is 0 Å². The number of alkyl halides is 2. The monoisotopic (exact) mass is 169 g/mol. The molecule has 0 spiro atoms. The molecule has 0 aromatic heterocycles. The zero-order valence-electron chi connectivity index (χ0n) is 6.00. The van der Waals surface area contributed by atoms with Gasteiger partial charge in [0.15, 0.2) is 0 Å². The maximum atomic E-state index is 12.0. The van der Waals surface area contributed by atoms with E-state index < -0.39 is 6.43 Å². The predicted molar refractivity (Wildman–Crippen MR) is 39.2 cm³/mol. The van der Waals surface area contributed by atoms with Crippen LogP contribution in [0.4, 0.5) is 14.5 Å². The summed E-state index contributed by atoms with van der Waals surface area (Å²) in [7, 11) is 0. The van der Waals surface area contributed by atoms with Crippen molar-refractivity contribution in [1.29, 1.82) is 0 Å². The molecule has 12 heavy (non-hydrogen) atoms. The summed E-state index contributed by atoms with van der Waals surface area (Å²) in [5.74, 6) is 0. The Hall–Kier alpha value is -1.54. The van der Waals surface area contributed by atoms with E-state index >= 15 is 0 Å². The van der Waals surface area contributed by atoms with E-state index in [1.54, 1.807) is 0 Å². The van der Waals surface area contributed by atoms with Gasteiger partial charge in [0, 0.05) is 5.56 Å². The van der Waals surface area contributed by atoms with E-state index in [0.717, 1.165) is 6.07 Å².